The molecule has 0 aromatic carbocycles. The summed E-state index contributed by atoms with van der Waals surface area (Å²) in [6.45, 7) is 6.78. The highest BCUT2D eigenvalue weighted by atomic mass is 16.5. The average molecular weight is 250 g/mol. The van der Waals surface area contributed by atoms with Gasteiger partial charge in [0.25, 0.3) is 0 Å². The van der Waals surface area contributed by atoms with Crippen LogP contribution in [0.5, 0.6) is 5.88 Å². The molecule has 1 aromatic rings. The Labute approximate surface area is 108 Å². The van der Waals surface area contributed by atoms with Gasteiger partial charge in [0.1, 0.15) is 0 Å². The first kappa shape index (κ1) is 13.1. The zero-order chi connectivity index (χ0) is 13.0. The number of nitrogens with two attached hydrogens (primary N) is 1. The molecule has 5 heteroatoms. The summed E-state index contributed by atoms with van der Waals surface area (Å²) in [7, 11) is 0. The van der Waals surface area contributed by atoms with Gasteiger partial charge in [0.05, 0.1) is 6.61 Å². The van der Waals surface area contributed by atoms with Crippen LogP contribution in [0.3, 0.4) is 0 Å². The molecule has 0 spiro atoms. The Morgan fingerprint density at radius 3 is 3.11 bits per heavy atom. The first-order valence-electron chi connectivity index (χ1n) is 6.67. The molecule has 1 aliphatic rings. The van der Waals surface area contributed by atoms with Gasteiger partial charge in [0.15, 0.2) is 0 Å². The van der Waals surface area contributed by atoms with Crippen molar-refractivity contribution < 1.29 is 4.74 Å². The van der Waals surface area contributed by atoms with E-state index < -0.39 is 0 Å². The molecule has 0 bridgehead atoms. The van der Waals surface area contributed by atoms with Crippen molar-refractivity contribution in [2.45, 2.75) is 32.7 Å². The number of hydrogen-bond donors (Lipinski definition) is 1. The second-order valence-corrected chi connectivity index (χ2v) is 4.92. The molecule has 1 saturated heterocycles. The third kappa shape index (κ3) is 3.10. The third-order valence-corrected chi connectivity index (χ3v) is 3.33. The molecule has 0 saturated carbocycles. The minimum atomic E-state index is 0.292. The Hall–Kier alpha value is -1.36. The van der Waals surface area contributed by atoms with E-state index in [1.54, 1.807) is 12.3 Å². The van der Waals surface area contributed by atoms with Gasteiger partial charge < -0.3 is 15.4 Å². The van der Waals surface area contributed by atoms with Gasteiger partial charge in [-0.25, -0.2) is 4.98 Å². The maximum Gasteiger partial charge on any atom is 0.228 e. The lowest BCUT2D eigenvalue weighted by Crippen LogP contribution is -2.46. The lowest BCUT2D eigenvalue weighted by Gasteiger charge is -2.35. The van der Waals surface area contributed by atoms with Gasteiger partial charge in [-0.3, -0.25) is 0 Å². The van der Waals surface area contributed by atoms with Crippen molar-refractivity contribution in [3.05, 3.63) is 12.3 Å². The molecule has 100 valence electrons. The summed E-state index contributed by atoms with van der Waals surface area (Å²) >= 11 is 0. The van der Waals surface area contributed by atoms with Gasteiger partial charge in [0.2, 0.25) is 11.8 Å². The van der Waals surface area contributed by atoms with Crippen LogP contribution < -0.4 is 15.4 Å². The van der Waals surface area contributed by atoms with Crippen LogP contribution in [0, 0.1) is 5.92 Å². The summed E-state index contributed by atoms with van der Waals surface area (Å²) in [5.74, 6) is 1.88. The van der Waals surface area contributed by atoms with E-state index in [0.717, 1.165) is 31.9 Å². The quantitative estimate of drug-likeness (QED) is 0.876. The van der Waals surface area contributed by atoms with Gasteiger partial charge in [-0.2, -0.15) is 4.98 Å². The summed E-state index contributed by atoms with van der Waals surface area (Å²) < 4.78 is 5.53. The first-order chi connectivity index (χ1) is 8.70. The number of nitrogens with zero attached hydrogens (tertiary/aromatic N) is 3. The van der Waals surface area contributed by atoms with E-state index in [4.69, 9.17) is 10.5 Å². The van der Waals surface area contributed by atoms with Crippen LogP contribution in [0.2, 0.25) is 0 Å². The Bertz CT molecular complexity index is 385. The molecule has 2 N–H and O–H groups in total. The van der Waals surface area contributed by atoms with Crippen LogP contribution in [0.25, 0.3) is 0 Å². The molecule has 2 atom stereocenters. The van der Waals surface area contributed by atoms with Crippen molar-refractivity contribution in [1.29, 1.82) is 0 Å². The van der Waals surface area contributed by atoms with E-state index >= 15 is 0 Å². The largest absolute Gasteiger partial charge is 0.478 e. The van der Waals surface area contributed by atoms with Gasteiger partial charge >= 0.3 is 0 Å². The van der Waals surface area contributed by atoms with Crippen LogP contribution in [-0.2, 0) is 0 Å². The fourth-order valence-electron chi connectivity index (χ4n) is 2.12. The minimum absolute atomic E-state index is 0.292. The second kappa shape index (κ2) is 6.00. The van der Waals surface area contributed by atoms with E-state index in [1.807, 2.05) is 0 Å². The molecule has 2 unspecified atom stereocenters. The highest BCUT2D eigenvalue weighted by molar-refractivity contribution is 5.33. The van der Waals surface area contributed by atoms with Crippen molar-refractivity contribution in [3.8, 4) is 5.88 Å². The number of piperidine rings is 1. The zero-order valence-corrected chi connectivity index (χ0v) is 11.2. The highest BCUT2D eigenvalue weighted by Crippen LogP contribution is 2.20. The fraction of sp³-hybridized carbons (Fsp3) is 0.692. The predicted molar refractivity (Wildman–Crippen MR) is 71.8 cm³/mol. The summed E-state index contributed by atoms with van der Waals surface area (Å²) in [6.07, 6.45) is 3.73. The van der Waals surface area contributed by atoms with Crippen molar-refractivity contribution in [2.75, 3.05) is 24.6 Å². The van der Waals surface area contributed by atoms with Crippen LogP contribution in [0.4, 0.5) is 5.95 Å². The molecule has 18 heavy (non-hydrogen) atoms. The lowest BCUT2D eigenvalue weighted by molar-refractivity contribution is 0.304. The molecule has 1 fully saturated rings. The molecule has 1 aliphatic heterocycles. The van der Waals surface area contributed by atoms with Gasteiger partial charge in [-0.1, -0.05) is 13.8 Å². The third-order valence-electron chi connectivity index (χ3n) is 3.33. The van der Waals surface area contributed by atoms with E-state index in [0.29, 0.717) is 24.4 Å². The topological polar surface area (TPSA) is 64.3 Å². The molecule has 0 radical (unpaired) electrons. The standard InChI is InChI=1S/C13H22N4O/c1-3-8-18-12-4-6-15-13(16-12)17-7-5-11(14)10(2)9-17/h4,6,10-11H,3,5,7-9,14H2,1-2H3. The van der Waals surface area contributed by atoms with E-state index in [1.165, 1.54) is 0 Å². The number of aromatic nitrogens is 2. The van der Waals surface area contributed by atoms with E-state index in [9.17, 15) is 0 Å². The monoisotopic (exact) mass is 250 g/mol. The normalized spacial score (nSPS) is 24.1. The molecular formula is C13H22N4O. The van der Waals surface area contributed by atoms with E-state index in [2.05, 4.69) is 28.7 Å². The SMILES string of the molecule is CCCOc1ccnc(N2CCC(N)C(C)C2)n1. The van der Waals surface area contributed by atoms with Crippen LogP contribution in [0.15, 0.2) is 12.3 Å². The minimum Gasteiger partial charge on any atom is -0.478 e. The highest BCUT2D eigenvalue weighted by Gasteiger charge is 2.24. The summed E-state index contributed by atoms with van der Waals surface area (Å²) in [4.78, 5) is 11.0. The zero-order valence-electron chi connectivity index (χ0n) is 11.2. The van der Waals surface area contributed by atoms with Crippen molar-refractivity contribution >= 4 is 5.95 Å². The summed E-state index contributed by atoms with van der Waals surface area (Å²) in [5.41, 5.74) is 6.02. The molecule has 2 heterocycles. The van der Waals surface area contributed by atoms with Gasteiger partial charge in [-0.15, -0.1) is 0 Å². The molecule has 0 amide bonds. The first-order valence-corrected chi connectivity index (χ1v) is 6.67. The molecule has 0 aliphatic carbocycles. The second-order valence-electron chi connectivity index (χ2n) is 4.92. The van der Waals surface area contributed by atoms with Crippen LogP contribution in [-0.4, -0.2) is 35.7 Å². The fourth-order valence-corrected chi connectivity index (χ4v) is 2.12. The Kier molecular flexibility index (Phi) is 4.36. The number of hydrogen-bond acceptors (Lipinski definition) is 5. The maximum absolute atomic E-state index is 6.02. The molecular weight excluding hydrogens is 228 g/mol. The smallest absolute Gasteiger partial charge is 0.228 e. The number of rotatable bonds is 4. The molecule has 2 rings (SSSR count). The summed E-state index contributed by atoms with van der Waals surface area (Å²) in [6, 6.07) is 2.10. The number of ether oxygens (including phenoxy) is 1. The molecule has 1 aromatic heterocycles. The molecule has 5 nitrogen and oxygen atoms in total. The van der Waals surface area contributed by atoms with Crippen LogP contribution in [0.1, 0.15) is 26.7 Å². The maximum atomic E-state index is 6.02. The number of anilines is 1. The van der Waals surface area contributed by atoms with E-state index in [-0.39, 0.29) is 0 Å². The van der Waals surface area contributed by atoms with Crippen LogP contribution >= 0.6 is 0 Å². The van der Waals surface area contributed by atoms with Gasteiger partial charge in [-0.05, 0) is 18.8 Å². The Balaban J connectivity index is 2.04. The van der Waals surface area contributed by atoms with Gasteiger partial charge in [0, 0.05) is 31.4 Å². The van der Waals surface area contributed by atoms with Crippen molar-refractivity contribution in [1.82, 2.24) is 9.97 Å². The average Bonchev–Trinajstić information content (AvgIpc) is 2.40. The Morgan fingerprint density at radius 1 is 1.56 bits per heavy atom. The summed E-state index contributed by atoms with van der Waals surface area (Å²) in [5, 5.41) is 0. The van der Waals surface area contributed by atoms with Crippen molar-refractivity contribution in [3.63, 3.8) is 0 Å². The van der Waals surface area contributed by atoms with Crippen molar-refractivity contribution in [2.24, 2.45) is 11.7 Å². The Morgan fingerprint density at radius 2 is 2.39 bits per heavy atom. The predicted octanol–water partition coefficient (Wildman–Crippen LogP) is 1.44. The lowest BCUT2D eigenvalue weighted by atomic mass is 9.95.